The first-order chi connectivity index (χ1) is 8.20. The Morgan fingerprint density at radius 2 is 2.24 bits per heavy atom. The molecule has 17 heavy (non-hydrogen) atoms. The minimum absolute atomic E-state index is 0.633. The second-order valence-electron chi connectivity index (χ2n) is 4.03. The lowest BCUT2D eigenvalue weighted by atomic mass is 10.2. The summed E-state index contributed by atoms with van der Waals surface area (Å²) in [6, 6.07) is 8.16. The molecular weight excluding hydrogens is 234 g/mol. The molecule has 0 spiro atoms. The molecule has 0 amide bonds. The van der Waals surface area contributed by atoms with E-state index in [2.05, 4.69) is 36.3 Å². The van der Waals surface area contributed by atoms with Gasteiger partial charge in [0, 0.05) is 22.1 Å². The highest BCUT2D eigenvalue weighted by atomic mass is 35.5. The Morgan fingerprint density at radius 1 is 1.41 bits per heavy atom. The highest BCUT2D eigenvalue weighted by Gasteiger charge is 2.03. The van der Waals surface area contributed by atoms with Crippen LogP contribution in [0.5, 0.6) is 5.75 Å². The number of aromatic nitrogens is 1. The minimum atomic E-state index is 0.633. The van der Waals surface area contributed by atoms with Crippen LogP contribution >= 0.6 is 11.6 Å². The predicted molar refractivity (Wildman–Crippen MR) is 72.7 cm³/mol. The van der Waals surface area contributed by atoms with E-state index in [9.17, 15) is 0 Å². The Kier molecular flexibility index (Phi) is 3.75. The summed E-state index contributed by atoms with van der Waals surface area (Å²) in [7, 11) is 0. The van der Waals surface area contributed by atoms with Crippen LogP contribution < -0.4 is 4.74 Å². The van der Waals surface area contributed by atoms with Gasteiger partial charge in [-0.2, -0.15) is 0 Å². The number of halogens is 1. The molecule has 2 aromatic rings. The Morgan fingerprint density at radius 3 is 2.94 bits per heavy atom. The van der Waals surface area contributed by atoms with Crippen LogP contribution in [0.25, 0.3) is 10.9 Å². The molecule has 1 aromatic heterocycles. The molecular formula is C14H16ClNO. The van der Waals surface area contributed by atoms with Gasteiger partial charge in [0.25, 0.3) is 0 Å². The number of nitrogens with zero attached hydrogens (tertiary/aromatic N) is 1. The van der Waals surface area contributed by atoms with Crippen LogP contribution in [-0.4, -0.2) is 11.2 Å². The maximum atomic E-state index is 5.83. The molecule has 0 aliphatic heterocycles. The van der Waals surface area contributed by atoms with Gasteiger partial charge >= 0.3 is 0 Å². The summed E-state index contributed by atoms with van der Waals surface area (Å²) in [5, 5.41) is 1.80. The average Bonchev–Trinajstić information content (AvgIpc) is 2.68. The first kappa shape index (κ1) is 12.1. The normalized spacial score (nSPS) is 10.7. The molecule has 0 aliphatic rings. The van der Waals surface area contributed by atoms with E-state index in [0.717, 1.165) is 29.7 Å². The van der Waals surface area contributed by atoms with Crippen molar-refractivity contribution >= 4 is 22.5 Å². The van der Waals surface area contributed by atoms with E-state index in [1.165, 1.54) is 0 Å². The Hall–Kier alpha value is -1.41. The molecule has 0 bridgehead atoms. The Bertz CT molecular complexity index is 530. The molecule has 1 aromatic carbocycles. The number of hydrogen-bond acceptors (Lipinski definition) is 1. The standard InChI is InChI=1S/C14H16ClNO/c1-3-8-17-13-4-5-14-12(9-13)6-7-16(14)10-11(2)15/h4-7,9H,2-3,8,10H2,1H3. The molecule has 0 fully saturated rings. The summed E-state index contributed by atoms with van der Waals surface area (Å²) >= 11 is 5.83. The number of rotatable bonds is 5. The van der Waals surface area contributed by atoms with Gasteiger partial charge in [-0.1, -0.05) is 25.1 Å². The van der Waals surface area contributed by atoms with Crippen LogP contribution in [0.2, 0.25) is 0 Å². The first-order valence-corrected chi connectivity index (χ1v) is 6.13. The largest absolute Gasteiger partial charge is 0.494 e. The van der Waals surface area contributed by atoms with Gasteiger partial charge in [0.1, 0.15) is 5.75 Å². The van der Waals surface area contributed by atoms with Gasteiger partial charge in [0.05, 0.1) is 13.2 Å². The highest BCUT2D eigenvalue weighted by Crippen LogP contribution is 2.23. The van der Waals surface area contributed by atoms with E-state index in [1.54, 1.807) is 0 Å². The van der Waals surface area contributed by atoms with Gasteiger partial charge < -0.3 is 9.30 Å². The van der Waals surface area contributed by atoms with Crippen molar-refractivity contribution in [2.75, 3.05) is 6.61 Å². The zero-order chi connectivity index (χ0) is 12.3. The Balaban J connectivity index is 2.28. The minimum Gasteiger partial charge on any atom is -0.494 e. The number of fused-ring (bicyclic) bond motifs is 1. The van der Waals surface area contributed by atoms with E-state index in [4.69, 9.17) is 16.3 Å². The molecule has 0 saturated heterocycles. The molecule has 90 valence electrons. The van der Waals surface area contributed by atoms with Gasteiger partial charge in [-0.3, -0.25) is 0 Å². The third-order valence-corrected chi connectivity index (χ3v) is 2.68. The monoisotopic (exact) mass is 249 g/mol. The second-order valence-corrected chi connectivity index (χ2v) is 4.56. The summed E-state index contributed by atoms with van der Waals surface area (Å²) in [5.74, 6) is 0.918. The van der Waals surface area contributed by atoms with E-state index >= 15 is 0 Å². The lowest BCUT2D eigenvalue weighted by Gasteiger charge is -2.06. The van der Waals surface area contributed by atoms with Crippen LogP contribution in [0.3, 0.4) is 0 Å². The van der Waals surface area contributed by atoms with Gasteiger partial charge in [0.15, 0.2) is 0 Å². The molecule has 2 nitrogen and oxygen atoms in total. The quantitative estimate of drug-likeness (QED) is 0.775. The van der Waals surface area contributed by atoms with E-state index in [0.29, 0.717) is 11.6 Å². The van der Waals surface area contributed by atoms with E-state index in [1.807, 2.05) is 12.3 Å². The van der Waals surface area contributed by atoms with Gasteiger partial charge in [-0.15, -0.1) is 0 Å². The number of benzene rings is 1. The lowest BCUT2D eigenvalue weighted by Crippen LogP contribution is -1.96. The molecule has 1 heterocycles. The van der Waals surface area contributed by atoms with Crippen LogP contribution in [-0.2, 0) is 6.54 Å². The summed E-state index contributed by atoms with van der Waals surface area (Å²) in [6.07, 6.45) is 3.03. The predicted octanol–water partition coefficient (Wildman–Crippen LogP) is 4.18. The fraction of sp³-hybridized carbons (Fsp3) is 0.286. The van der Waals surface area contributed by atoms with E-state index < -0.39 is 0 Å². The van der Waals surface area contributed by atoms with Crippen molar-refractivity contribution in [3.05, 3.63) is 42.1 Å². The molecule has 2 rings (SSSR count). The third kappa shape index (κ3) is 2.83. The van der Waals surface area contributed by atoms with Crippen LogP contribution in [0.15, 0.2) is 42.1 Å². The van der Waals surface area contributed by atoms with Gasteiger partial charge in [-0.25, -0.2) is 0 Å². The van der Waals surface area contributed by atoms with Crippen molar-refractivity contribution in [3.63, 3.8) is 0 Å². The summed E-state index contributed by atoms with van der Waals surface area (Å²) in [4.78, 5) is 0. The van der Waals surface area contributed by atoms with Gasteiger partial charge in [-0.05, 0) is 30.7 Å². The van der Waals surface area contributed by atoms with Crippen molar-refractivity contribution in [2.24, 2.45) is 0 Å². The summed E-state index contributed by atoms with van der Waals surface area (Å²) in [6.45, 7) is 7.21. The van der Waals surface area contributed by atoms with Crippen LogP contribution in [0.1, 0.15) is 13.3 Å². The fourth-order valence-corrected chi connectivity index (χ4v) is 1.94. The zero-order valence-corrected chi connectivity index (χ0v) is 10.7. The molecule has 0 aliphatic carbocycles. The maximum absolute atomic E-state index is 5.83. The van der Waals surface area contributed by atoms with Crippen LogP contribution in [0.4, 0.5) is 0 Å². The molecule has 0 atom stereocenters. The Labute approximate surface area is 106 Å². The van der Waals surface area contributed by atoms with Crippen molar-refractivity contribution in [1.82, 2.24) is 4.57 Å². The first-order valence-electron chi connectivity index (χ1n) is 5.75. The fourth-order valence-electron chi connectivity index (χ4n) is 1.81. The SMILES string of the molecule is C=C(Cl)Cn1ccc2cc(OCCC)ccc21. The smallest absolute Gasteiger partial charge is 0.120 e. The highest BCUT2D eigenvalue weighted by molar-refractivity contribution is 6.29. The molecule has 3 heteroatoms. The molecule has 0 unspecified atom stereocenters. The van der Waals surface area contributed by atoms with Crippen LogP contribution in [0, 0.1) is 0 Å². The zero-order valence-electron chi connectivity index (χ0n) is 9.95. The van der Waals surface area contributed by atoms with E-state index in [-0.39, 0.29) is 0 Å². The summed E-state index contributed by atoms with van der Waals surface area (Å²) in [5.41, 5.74) is 1.15. The lowest BCUT2D eigenvalue weighted by molar-refractivity contribution is 0.318. The topological polar surface area (TPSA) is 14.2 Å². The maximum Gasteiger partial charge on any atom is 0.120 e. The number of hydrogen-bond donors (Lipinski definition) is 0. The van der Waals surface area contributed by atoms with Crippen molar-refractivity contribution in [3.8, 4) is 5.75 Å². The second kappa shape index (κ2) is 5.28. The molecule has 0 radical (unpaired) electrons. The van der Waals surface area contributed by atoms with Crippen molar-refractivity contribution < 1.29 is 4.74 Å². The third-order valence-electron chi connectivity index (χ3n) is 2.56. The molecule has 0 saturated carbocycles. The number of ether oxygens (including phenoxy) is 1. The van der Waals surface area contributed by atoms with Crippen molar-refractivity contribution in [1.29, 1.82) is 0 Å². The number of allylic oxidation sites excluding steroid dienone is 1. The summed E-state index contributed by atoms with van der Waals surface area (Å²) < 4.78 is 7.68. The molecule has 0 N–H and O–H groups in total. The average molecular weight is 250 g/mol. The van der Waals surface area contributed by atoms with Gasteiger partial charge in [0.2, 0.25) is 0 Å². The van der Waals surface area contributed by atoms with Crippen molar-refractivity contribution in [2.45, 2.75) is 19.9 Å².